The van der Waals surface area contributed by atoms with Crippen LogP contribution in [0.1, 0.15) is 67.2 Å². The van der Waals surface area contributed by atoms with E-state index in [0.717, 1.165) is 42.1 Å². The maximum absolute atomic E-state index is 13.8. The fourth-order valence-corrected chi connectivity index (χ4v) is 4.95. The molecule has 1 aliphatic rings. The lowest BCUT2D eigenvalue weighted by atomic mass is 9.91. The Bertz CT molecular complexity index is 1160. The molecule has 2 aromatic carbocycles. The summed E-state index contributed by atoms with van der Waals surface area (Å²) >= 11 is 0. The number of fused-ring (bicyclic) bond motifs is 1. The second kappa shape index (κ2) is 10.1. The molecule has 3 aromatic rings. The summed E-state index contributed by atoms with van der Waals surface area (Å²) in [6, 6.07) is 10.3. The molecule has 0 saturated heterocycles. The third-order valence-corrected chi connectivity index (χ3v) is 6.51. The van der Waals surface area contributed by atoms with Gasteiger partial charge in [-0.2, -0.15) is 13.2 Å². The Morgan fingerprint density at radius 3 is 2.59 bits per heavy atom. The van der Waals surface area contributed by atoms with Crippen LogP contribution in [0.2, 0.25) is 0 Å². The molecule has 0 amide bonds. The van der Waals surface area contributed by atoms with Crippen LogP contribution in [0.4, 0.5) is 13.2 Å². The van der Waals surface area contributed by atoms with Gasteiger partial charge < -0.3 is 14.0 Å². The van der Waals surface area contributed by atoms with Crippen molar-refractivity contribution in [1.82, 2.24) is 4.57 Å². The molecule has 4 nitrogen and oxygen atoms in total. The summed E-state index contributed by atoms with van der Waals surface area (Å²) < 4.78 is 54.2. The Balaban J connectivity index is 1.49. The molecular formula is C27H30F3NO3. The highest BCUT2D eigenvalue weighted by Gasteiger charge is 2.36. The van der Waals surface area contributed by atoms with E-state index in [1.54, 1.807) is 19.1 Å². The molecule has 182 valence electrons. The minimum atomic E-state index is -4.38. The Labute approximate surface area is 197 Å². The first-order chi connectivity index (χ1) is 16.3. The summed E-state index contributed by atoms with van der Waals surface area (Å²) in [5.41, 5.74) is 2.34. The fraction of sp³-hybridized carbons (Fsp3) is 0.444. The quantitative estimate of drug-likeness (QED) is 0.326. The summed E-state index contributed by atoms with van der Waals surface area (Å²) in [6.45, 7) is 4.66. The smallest absolute Gasteiger partial charge is 0.416 e. The van der Waals surface area contributed by atoms with Crippen molar-refractivity contribution in [2.45, 2.75) is 71.2 Å². The first-order valence-electron chi connectivity index (χ1n) is 11.8. The summed E-state index contributed by atoms with van der Waals surface area (Å²) in [4.78, 5) is 11.7. The lowest BCUT2D eigenvalue weighted by Gasteiger charge is -2.19. The highest BCUT2D eigenvalue weighted by atomic mass is 19.4. The minimum absolute atomic E-state index is 0.00971. The van der Waals surface area contributed by atoms with E-state index < -0.39 is 11.7 Å². The maximum Gasteiger partial charge on any atom is 0.416 e. The van der Waals surface area contributed by atoms with Crippen molar-refractivity contribution in [3.8, 4) is 5.75 Å². The molecule has 1 heterocycles. The molecule has 0 atom stereocenters. The van der Waals surface area contributed by atoms with Crippen molar-refractivity contribution in [2.24, 2.45) is 0 Å². The summed E-state index contributed by atoms with van der Waals surface area (Å²) in [7, 11) is 0. The van der Waals surface area contributed by atoms with Gasteiger partial charge in [0.25, 0.3) is 0 Å². The number of halogens is 3. The third kappa shape index (κ3) is 5.40. The lowest BCUT2D eigenvalue weighted by molar-refractivity contribution is -0.143. The van der Waals surface area contributed by atoms with Gasteiger partial charge in [-0.25, -0.2) is 0 Å². The second-order valence-corrected chi connectivity index (χ2v) is 8.93. The van der Waals surface area contributed by atoms with Crippen molar-refractivity contribution in [2.75, 3.05) is 6.61 Å². The molecular weight excluding hydrogens is 443 g/mol. The number of hydrogen-bond donors (Lipinski definition) is 0. The van der Waals surface area contributed by atoms with Crippen LogP contribution in [-0.4, -0.2) is 17.1 Å². The lowest BCUT2D eigenvalue weighted by Crippen LogP contribution is -2.12. The van der Waals surface area contributed by atoms with Gasteiger partial charge in [0.15, 0.2) is 0 Å². The molecule has 1 aliphatic carbocycles. The molecule has 34 heavy (non-hydrogen) atoms. The SMILES string of the molecule is CCOC(=O)CCn1ccc2cc(OCc3ccc(C4CCCC4)c(C(F)(F)F)c3)cc(C)c21. The molecule has 0 radical (unpaired) electrons. The van der Waals surface area contributed by atoms with Gasteiger partial charge in [-0.3, -0.25) is 4.79 Å². The molecule has 1 saturated carbocycles. The zero-order valence-electron chi connectivity index (χ0n) is 19.6. The second-order valence-electron chi connectivity index (χ2n) is 8.93. The molecule has 0 spiro atoms. The maximum atomic E-state index is 13.8. The van der Waals surface area contributed by atoms with Gasteiger partial charge in [-0.05, 0) is 73.6 Å². The molecule has 0 N–H and O–H groups in total. The highest BCUT2D eigenvalue weighted by molar-refractivity contribution is 5.85. The summed E-state index contributed by atoms with van der Waals surface area (Å²) in [5.74, 6) is 0.352. The zero-order chi connectivity index (χ0) is 24.3. The molecule has 0 unspecified atom stereocenters. The van der Waals surface area contributed by atoms with Crippen molar-refractivity contribution < 1.29 is 27.4 Å². The first kappa shape index (κ1) is 24.2. The van der Waals surface area contributed by atoms with Crippen molar-refractivity contribution in [3.63, 3.8) is 0 Å². The number of ether oxygens (including phenoxy) is 2. The van der Waals surface area contributed by atoms with E-state index in [1.165, 1.54) is 6.07 Å². The number of carbonyl (C=O) groups excluding carboxylic acids is 1. The number of alkyl halides is 3. The largest absolute Gasteiger partial charge is 0.489 e. The normalized spacial score (nSPS) is 14.6. The van der Waals surface area contributed by atoms with Gasteiger partial charge in [0.1, 0.15) is 12.4 Å². The van der Waals surface area contributed by atoms with Gasteiger partial charge in [0.05, 0.1) is 24.1 Å². The van der Waals surface area contributed by atoms with Crippen LogP contribution in [-0.2, 0) is 28.9 Å². The Hall–Kier alpha value is -2.96. The Morgan fingerprint density at radius 2 is 1.88 bits per heavy atom. The van der Waals surface area contributed by atoms with E-state index in [4.69, 9.17) is 9.47 Å². The summed E-state index contributed by atoms with van der Waals surface area (Å²) in [5, 5.41) is 0.950. The topological polar surface area (TPSA) is 40.5 Å². The van der Waals surface area contributed by atoms with Gasteiger partial charge >= 0.3 is 12.1 Å². The number of carbonyl (C=O) groups is 1. The molecule has 0 bridgehead atoms. The van der Waals surface area contributed by atoms with Crippen molar-refractivity contribution in [1.29, 1.82) is 0 Å². The van der Waals surface area contributed by atoms with Gasteiger partial charge in [-0.15, -0.1) is 0 Å². The van der Waals surface area contributed by atoms with Crippen LogP contribution in [0.15, 0.2) is 42.6 Å². The van der Waals surface area contributed by atoms with Gasteiger partial charge in [0, 0.05) is 18.1 Å². The number of hydrogen-bond acceptors (Lipinski definition) is 3. The average Bonchev–Trinajstić information content (AvgIpc) is 3.46. The standard InChI is InChI=1S/C27H30F3NO3/c1-3-33-25(32)11-13-31-12-10-21-16-22(14-18(2)26(21)31)34-17-19-8-9-23(20-6-4-5-7-20)24(15-19)27(28,29)30/h8-10,12,14-16,20H,3-7,11,13,17H2,1-2H3. The molecule has 1 fully saturated rings. The third-order valence-electron chi connectivity index (χ3n) is 6.51. The van der Waals surface area contributed by atoms with Crippen molar-refractivity contribution in [3.05, 3.63) is 64.8 Å². The van der Waals surface area contributed by atoms with Crippen LogP contribution in [0.5, 0.6) is 5.75 Å². The van der Waals surface area contributed by atoms with E-state index in [0.29, 0.717) is 30.0 Å². The average molecular weight is 474 g/mol. The zero-order valence-corrected chi connectivity index (χ0v) is 19.6. The summed E-state index contributed by atoms with van der Waals surface area (Å²) in [6.07, 6.45) is 1.43. The van der Waals surface area contributed by atoms with Crippen LogP contribution in [0.25, 0.3) is 10.9 Å². The van der Waals surface area contributed by atoms with Crippen LogP contribution >= 0.6 is 0 Å². The van der Waals surface area contributed by atoms with Gasteiger partial charge in [0.2, 0.25) is 0 Å². The molecule has 4 rings (SSSR count). The first-order valence-corrected chi connectivity index (χ1v) is 11.8. The Morgan fingerprint density at radius 1 is 1.12 bits per heavy atom. The monoisotopic (exact) mass is 473 g/mol. The number of benzene rings is 2. The van der Waals surface area contributed by atoms with E-state index in [9.17, 15) is 18.0 Å². The molecule has 7 heteroatoms. The van der Waals surface area contributed by atoms with Gasteiger partial charge in [-0.1, -0.05) is 25.0 Å². The predicted molar refractivity (Wildman–Crippen MR) is 125 cm³/mol. The van der Waals surface area contributed by atoms with E-state index >= 15 is 0 Å². The number of aromatic nitrogens is 1. The number of aryl methyl sites for hydroxylation is 2. The number of nitrogens with zero attached hydrogens (tertiary/aromatic N) is 1. The van der Waals surface area contributed by atoms with E-state index in [-0.39, 0.29) is 24.9 Å². The van der Waals surface area contributed by atoms with Crippen LogP contribution < -0.4 is 4.74 Å². The fourth-order valence-electron chi connectivity index (χ4n) is 4.95. The molecule has 0 aliphatic heterocycles. The van der Waals surface area contributed by atoms with Crippen molar-refractivity contribution >= 4 is 16.9 Å². The Kier molecular flexibility index (Phi) is 7.19. The number of rotatable bonds is 8. The number of esters is 1. The van der Waals surface area contributed by atoms with Crippen LogP contribution in [0.3, 0.4) is 0 Å². The minimum Gasteiger partial charge on any atom is -0.489 e. The highest BCUT2D eigenvalue weighted by Crippen LogP contribution is 2.42. The molecule has 1 aromatic heterocycles. The van der Waals surface area contributed by atoms with Crippen LogP contribution in [0, 0.1) is 6.92 Å². The van der Waals surface area contributed by atoms with E-state index in [1.807, 2.05) is 35.9 Å². The van der Waals surface area contributed by atoms with E-state index in [2.05, 4.69) is 0 Å². The predicted octanol–water partition coefficient (Wildman–Crippen LogP) is 7.16.